The highest BCUT2D eigenvalue weighted by Crippen LogP contribution is 2.74. The van der Waals surface area contributed by atoms with Crippen molar-refractivity contribution in [3.05, 3.63) is 23.3 Å². The Morgan fingerprint density at radius 2 is 1.48 bits per heavy atom. The number of fused-ring (bicyclic) bond motifs is 6. The fourth-order valence-electron chi connectivity index (χ4n) is 10.7. The first-order chi connectivity index (χ1) is 18.3. The molecule has 3 fully saturated rings. The van der Waals surface area contributed by atoms with E-state index in [1.54, 1.807) is 6.92 Å². The lowest BCUT2D eigenvalue weighted by Crippen LogP contribution is -2.63. The monoisotopic (exact) mass is 554 g/mol. The van der Waals surface area contributed by atoms with E-state index in [1.807, 2.05) is 0 Å². The molecule has 9 atom stereocenters. The summed E-state index contributed by atoms with van der Waals surface area (Å²) < 4.78 is 11.5. The zero-order chi connectivity index (χ0) is 29.7. The molecule has 3 saturated carbocycles. The van der Waals surface area contributed by atoms with Gasteiger partial charge in [0, 0.05) is 19.3 Å². The van der Waals surface area contributed by atoms with Gasteiger partial charge < -0.3 is 14.6 Å². The maximum atomic E-state index is 12.7. The molecule has 0 aromatic carbocycles. The third-order valence-electron chi connectivity index (χ3n) is 13.4. The maximum Gasteiger partial charge on any atom is 0.313 e. The van der Waals surface area contributed by atoms with E-state index in [-0.39, 0.29) is 39.1 Å². The zero-order valence-electron chi connectivity index (χ0n) is 26.1. The predicted molar refractivity (Wildman–Crippen MR) is 153 cm³/mol. The van der Waals surface area contributed by atoms with Crippen LogP contribution < -0.4 is 0 Å². The minimum absolute atomic E-state index is 0.0351. The van der Waals surface area contributed by atoms with Crippen LogP contribution in [0.2, 0.25) is 0 Å². The smallest absolute Gasteiger partial charge is 0.313 e. The van der Waals surface area contributed by atoms with E-state index in [0.29, 0.717) is 24.7 Å². The number of hydrogen-bond acceptors (Lipinski definition) is 5. The largest absolute Gasteiger partial charge is 0.481 e. The number of carboxylic acids is 1. The molecule has 0 aromatic heterocycles. The molecule has 0 heterocycles. The van der Waals surface area contributed by atoms with Crippen molar-refractivity contribution in [2.45, 2.75) is 126 Å². The molecule has 5 rings (SSSR count). The van der Waals surface area contributed by atoms with Gasteiger partial charge in [0.1, 0.15) is 17.6 Å². The van der Waals surface area contributed by atoms with Gasteiger partial charge in [-0.3, -0.25) is 14.4 Å². The molecular formula is C34H50O6. The van der Waals surface area contributed by atoms with E-state index >= 15 is 0 Å². The second-order valence-electron chi connectivity index (χ2n) is 15.8. The highest BCUT2D eigenvalue weighted by Gasteiger charge is 2.67. The Labute approximate surface area is 240 Å². The van der Waals surface area contributed by atoms with Crippen molar-refractivity contribution in [3.8, 4) is 0 Å². The van der Waals surface area contributed by atoms with Crippen LogP contribution in [-0.2, 0) is 23.9 Å². The lowest BCUT2D eigenvalue weighted by atomic mass is 9.35. The predicted octanol–water partition coefficient (Wildman–Crippen LogP) is 7.27. The molecule has 0 aromatic rings. The molecule has 0 unspecified atom stereocenters. The second kappa shape index (κ2) is 8.94. The van der Waals surface area contributed by atoms with Crippen molar-refractivity contribution in [2.75, 3.05) is 0 Å². The lowest BCUT2D eigenvalue weighted by molar-refractivity contribution is -0.198. The summed E-state index contributed by atoms with van der Waals surface area (Å²) in [6.45, 7) is 18.9. The van der Waals surface area contributed by atoms with E-state index in [1.165, 1.54) is 25.0 Å². The van der Waals surface area contributed by atoms with Crippen LogP contribution in [0.3, 0.4) is 0 Å². The normalized spacial score (nSPS) is 47.2. The van der Waals surface area contributed by atoms with Gasteiger partial charge in [0.05, 0.1) is 0 Å². The molecular weight excluding hydrogens is 504 g/mol. The summed E-state index contributed by atoms with van der Waals surface area (Å²) in [4.78, 5) is 36.6. The first kappa shape index (κ1) is 29.4. The number of esters is 2. The van der Waals surface area contributed by atoms with Crippen molar-refractivity contribution in [1.29, 1.82) is 0 Å². The molecule has 5 aliphatic rings. The van der Waals surface area contributed by atoms with E-state index in [9.17, 15) is 19.5 Å². The summed E-state index contributed by atoms with van der Waals surface area (Å²) in [5, 5.41) is 10.4. The van der Waals surface area contributed by atoms with Gasteiger partial charge in [-0.2, -0.15) is 0 Å². The lowest BCUT2D eigenvalue weighted by Gasteiger charge is -2.69. The van der Waals surface area contributed by atoms with Crippen molar-refractivity contribution in [3.63, 3.8) is 0 Å². The molecule has 6 nitrogen and oxygen atoms in total. The fourth-order valence-corrected chi connectivity index (χ4v) is 10.7. The van der Waals surface area contributed by atoms with Gasteiger partial charge in [0.25, 0.3) is 0 Å². The third-order valence-corrected chi connectivity index (χ3v) is 13.4. The Balaban J connectivity index is 1.59. The summed E-state index contributed by atoms with van der Waals surface area (Å²) in [6, 6.07) is 0. The van der Waals surface area contributed by atoms with Crippen molar-refractivity contribution >= 4 is 17.9 Å². The topological polar surface area (TPSA) is 89.9 Å². The number of allylic oxidation sites excluding steroid dienone is 4. The molecule has 0 radical (unpaired) electrons. The fraction of sp³-hybridized carbons (Fsp3) is 0.794. The van der Waals surface area contributed by atoms with Crippen LogP contribution in [0.15, 0.2) is 23.3 Å². The van der Waals surface area contributed by atoms with Crippen LogP contribution in [0.5, 0.6) is 0 Å². The maximum absolute atomic E-state index is 12.7. The highest BCUT2D eigenvalue weighted by atomic mass is 16.5. The zero-order valence-corrected chi connectivity index (χ0v) is 26.1. The van der Waals surface area contributed by atoms with E-state index < -0.39 is 23.5 Å². The molecule has 222 valence electrons. The van der Waals surface area contributed by atoms with Gasteiger partial charge in [0.2, 0.25) is 0 Å². The molecule has 1 N–H and O–H groups in total. The summed E-state index contributed by atoms with van der Waals surface area (Å²) in [5.74, 6) is -0.669. The minimum atomic E-state index is -1.15. The second-order valence-corrected chi connectivity index (χ2v) is 15.8. The molecule has 0 bridgehead atoms. The SMILES string of the molecule is CC(=O)O[C@H]1CC[C@]2(C)[C@H](CC[C@]3(C)[C@@H]2C=CC2=C4C[C@](C)(C(=O)O)[C@H](OC(C)=O)C[C@]4(C)CC[C@]23C)C1(C)C. The quantitative estimate of drug-likeness (QED) is 0.369. The third kappa shape index (κ3) is 3.82. The van der Waals surface area contributed by atoms with E-state index in [2.05, 4.69) is 53.7 Å². The van der Waals surface area contributed by atoms with E-state index in [0.717, 1.165) is 38.5 Å². The molecule has 0 aliphatic heterocycles. The van der Waals surface area contributed by atoms with Gasteiger partial charge in [-0.05, 0) is 97.4 Å². The first-order valence-electron chi connectivity index (χ1n) is 15.4. The average molecular weight is 555 g/mol. The Morgan fingerprint density at radius 1 is 0.850 bits per heavy atom. The Morgan fingerprint density at radius 3 is 2.08 bits per heavy atom. The Bertz CT molecular complexity index is 1200. The van der Waals surface area contributed by atoms with Gasteiger partial charge >= 0.3 is 17.9 Å². The van der Waals surface area contributed by atoms with Crippen LogP contribution in [0.25, 0.3) is 0 Å². The minimum Gasteiger partial charge on any atom is -0.481 e. The number of aliphatic carboxylic acids is 1. The molecule has 0 spiro atoms. The van der Waals surface area contributed by atoms with Crippen LogP contribution in [0.1, 0.15) is 114 Å². The van der Waals surface area contributed by atoms with E-state index in [4.69, 9.17) is 9.47 Å². The number of carboxylic acid groups (broad SMARTS) is 1. The summed E-state index contributed by atoms with van der Waals surface area (Å²) >= 11 is 0. The summed E-state index contributed by atoms with van der Waals surface area (Å²) in [7, 11) is 0. The molecule has 0 saturated heterocycles. The van der Waals surface area contributed by atoms with Crippen molar-refractivity contribution in [2.24, 2.45) is 44.3 Å². The average Bonchev–Trinajstić information content (AvgIpc) is 2.82. The van der Waals surface area contributed by atoms with Gasteiger partial charge in [-0.25, -0.2) is 0 Å². The van der Waals surface area contributed by atoms with Crippen LogP contribution in [-0.4, -0.2) is 35.2 Å². The van der Waals surface area contributed by atoms with Crippen molar-refractivity contribution < 1.29 is 29.0 Å². The van der Waals surface area contributed by atoms with Gasteiger partial charge in [0.15, 0.2) is 0 Å². The van der Waals surface area contributed by atoms with Crippen molar-refractivity contribution in [1.82, 2.24) is 0 Å². The number of carbonyl (C=O) groups is 3. The van der Waals surface area contributed by atoms with Crippen LogP contribution in [0, 0.1) is 44.3 Å². The summed E-state index contributed by atoms with van der Waals surface area (Å²) in [6.07, 6.45) is 11.2. The molecule has 40 heavy (non-hydrogen) atoms. The highest BCUT2D eigenvalue weighted by molar-refractivity contribution is 5.77. The van der Waals surface area contributed by atoms with Crippen LogP contribution >= 0.6 is 0 Å². The Hall–Kier alpha value is -2.11. The van der Waals surface area contributed by atoms with Crippen LogP contribution in [0.4, 0.5) is 0 Å². The Kier molecular flexibility index (Phi) is 6.57. The standard InChI is InChI=1S/C34H50O6/c1-20(35)39-26-13-14-31(6)24(29(26,3)4)12-15-34(9)25(31)11-10-22-23-18-32(7,28(37)38)27(40-21(2)36)19-30(23,5)16-17-33(22,34)8/h10-11,24-27H,12-19H2,1-9H3,(H,37,38)/t24-,25-,26+,27-,30+,31-,32+,33-,34-/m1/s1. The first-order valence-corrected chi connectivity index (χ1v) is 15.4. The molecule has 0 amide bonds. The van der Waals surface area contributed by atoms with Gasteiger partial charge in [-0.1, -0.05) is 59.3 Å². The molecule has 5 aliphatic carbocycles. The van der Waals surface area contributed by atoms with Gasteiger partial charge in [-0.15, -0.1) is 0 Å². The number of hydrogen-bond donors (Lipinski definition) is 1. The molecule has 6 heteroatoms. The number of carbonyl (C=O) groups excluding carboxylic acids is 2. The number of rotatable bonds is 3. The summed E-state index contributed by atoms with van der Waals surface area (Å²) in [5.41, 5.74) is 1.21. The number of ether oxygens (including phenoxy) is 2.